The number of carboxylic acid groups (broad SMARTS) is 1. The van der Waals surface area contributed by atoms with Gasteiger partial charge in [0.15, 0.2) is 5.17 Å². The van der Waals surface area contributed by atoms with Gasteiger partial charge in [-0.15, -0.1) is 0 Å². The van der Waals surface area contributed by atoms with E-state index >= 15 is 0 Å². The minimum atomic E-state index is -0.954. The van der Waals surface area contributed by atoms with Gasteiger partial charge in [0.1, 0.15) is 0 Å². The molecule has 0 amide bonds. The Morgan fingerprint density at radius 2 is 2.22 bits per heavy atom. The van der Waals surface area contributed by atoms with E-state index < -0.39 is 5.97 Å². The summed E-state index contributed by atoms with van der Waals surface area (Å²) in [5.41, 5.74) is 4.82. The van der Waals surface area contributed by atoms with Crippen LogP contribution in [0.2, 0.25) is 0 Å². The molecule has 0 aromatic heterocycles. The van der Waals surface area contributed by atoms with Crippen LogP contribution in [-0.4, -0.2) is 22.0 Å². The van der Waals surface area contributed by atoms with Crippen molar-refractivity contribution in [3.8, 4) is 0 Å². The second kappa shape index (κ2) is 5.71. The number of nitrogens with two attached hydrogens (primary N) is 1. The lowest BCUT2D eigenvalue weighted by atomic mass is 10.8. The Morgan fingerprint density at radius 1 is 1.78 bits per heavy atom. The molecule has 0 spiro atoms. The fourth-order valence-corrected chi connectivity index (χ4v) is 0.418. The maximum Gasteiger partial charge on any atom is 0.313 e. The van der Waals surface area contributed by atoms with Crippen LogP contribution in [0.1, 0.15) is 0 Å². The van der Waals surface area contributed by atoms with Crippen LogP contribution in [0.5, 0.6) is 0 Å². The number of hydrogen-bond acceptors (Lipinski definition) is 3. The lowest BCUT2D eigenvalue weighted by Crippen LogP contribution is -2.08. The Kier molecular flexibility index (Phi) is 7.23. The summed E-state index contributed by atoms with van der Waals surface area (Å²) in [6.07, 6.45) is 0. The smallest absolute Gasteiger partial charge is 0.313 e. The largest absolute Gasteiger partial charge is 0.481 e. The van der Waals surface area contributed by atoms with Crippen molar-refractivity contribution in [2.75, 3.05) is 5.75 Å². The number of aliphatic carboxylic acids is 1. The molecule has 1 radical (unpaired) electrons. The molecule has 4 nitrogen and oxygen atoms in total. The van der Waals surface area contributed by atoms with Gasteiger partial charge in [0.2, 0.25) is 0 Å². The van der Waals surface area contributed by atoms with Crippen molar-refractivity contribution >= 4 is 35.3 Å². The zero-order valence-corrected chi connectivity index (χ0v) is 6.00. The van der Waals surface area contributed by atoms with Crippen LogP contribution < -0.4 is 5.73 Å². The molecule has 6 heteroatoms. The molecule has 0 rings (SSSR count). The third-order valence-corrected chi connectivity index (χ3v) is 1.05. The summed E-state index contributed by atoms with van der Waals surface area (Å²) < 4.78 is 0. The average molecular weight is 170 g/mol. The minimum Gasteiger partial charge on any atom is -0.481 e. The first-order valence-corrected chi connectivity index (χ1v) is 2.80. The Labute approximate surface area is 62.7 Å². The fraction of sp³-hybridized carbons (Fsp3) is 0.333. The van der Waals surface area contributed by atoms with Gasteiger partial charge in [0, 0.05) is 12.4 Å². The molecule has 0 aliphatic rings. The van der Waals surface area contributed by atoms with Gasteiger partial charge in [-0.2, -0.15) is 0 Å². The Balaban J connectivity index is 0. The third-order valence-electron chi connectivity index (χ3n) is 0.351. The summed E-state index contributed by atoms with van der Waals surface area (Å²) in [5.74, 6) is -1.08. The summed E-state index contributed by atoms with van der Waals surface area (Å²) in [6, 6.07) is 0. The van der Waals surface area contributed by atoms with Crippen LogP contribution >= 0.6 is 24.2 Å². The van der Waals surface area contributed by atoms with Gasteiger partial charge in [-0.1, -0.05) is 11.8 Å². The van der Waals surface area contributed by atoms with Gasteiger partial charge in [-0.25, -0.2) is 0 Å². The molecular formula is C3H6ClN2O2S. The summed E-state index contributed by atoms with van der Waals surface area (Å²) >= 11 is 0.801. The highest BCUT2D eigenvalue weighted by molar-refractivity contribution is 8.14. The van der Waals surface area contributed by atoms with Crippen LogP contribution in [0.4, 0.5) is 0 Å². The van der Waals surface area contributed by atoms with E-state index in [2.05, 4.69) is 0 Å². The summed E-state index contributed by atoms with van der Waals surface area (Å²) in [7, 11) is 0. The first kappa shape index (κ1) is 11.4. The van der Waals surface area contributed by atoms with Gasteiger partial charge in [-0.3, -0.25) is 10.2 Å². The standard InChI is InChI=1S/C3H6N2O2S.Cl/c4-3(5)8-1-2(6)7;/h1H2,(H3,4,5)(H,6,7);. The lowest BCUT2D eigenvalue weighted by Gasteiger charge is -1.89. The third kappa shape index (κ3) is 11.3. The monoisotopic (exact) mass is 169 g/mol. The zero-order valence-electron chi connectivity index (χ0n) is 4.43. The highest BCUT2D eigenvalue weighted by atomic mass is 35.5. The normalized spacial score (nSPS) is 7.56. The molecule has 4 N–H and O–H groups in total. The lowest BCUT2D eigenvalue weighted by molar-refractivity contribution is -0.133. The van der Waals surface area contributed by atoms with Crippen molar-refractivity contribution in [3.05, 3.63) is 0 Å². The maximum atomic E-state index is 9.73. The average Bonchev–Trinajstić information content (AvgIpc) is 1.61. The molecule has 0 aliphatic carbocycles. The fourth-order valence-electron chi connectivity index (χ4n) is 0.139. The Hall–Kier alpha value is -0.420. The van der Waals surface area contributed by atoms with E-state index in [1.807, 2.05) is 0 Å². The van der Waals surface area contributed by atoms with Gasteiger partial charge in [0.05, 0.1) is 5.75 Å². The first-order valence-electron chi connectivity index (χ1n) is 1.81. The number of hydrogen-bond donors (Lipinski definition) is 3. The van der Waals surface area contributed by atoms with Crippen molar-refractivity contribution in [2.24, 2.45) is 5.73 Å². The molecular weight excluding hydrogens is 164 g/mol. The van der Waals surface area contributed by atoms with E-state index in [4.69, 9.17) is 16.2 Å². The molecule has 0 aliphatic heterocycles. The van der Waals surface area contributed by atoms with Crippen molar-refractivity contribution in [1.82, 2.24) is 0 Å². The second-order valence-electron chi connectivity index (χ2n) is 1.05. The quantitative estimate of drug-likeness (QED) is 0.412. The molecule has 0 fully saturated rings. The summed E-state index contributed by atoms with van der Waals surface area (Å²) in [5, 5.41) is 14.4. The number of thioether (sulfide) groups is 1. The van der Waals surface area contributed by atoms with Gasteiger partial charge in [-0.05, 0) is 0 Å². The van der Waals surface area contributed by atoms with Crippen molar-refractivity contribution < 1.29 is 9.90 Å². The minimum absolute atomic E-state index is 0. The molecule has 0 saturated heterocycles. The van der Waals surface area contributed by atoms with Crippen LogP contribution in [0.15, 0.2) is 0 Å². The number of amidine groups is 1. The van der Waals surface area contributed by atoms with Crippen LogP contribution in [0, 0.1) is 5.41 Å². The molecule has 53 valence electrons. The first-order chi connectivity index (χ1) is 3.63. The van der Waals surface area contributed by atoms with Gasteiger partial charge < -0.3 is 10.8 Å². The highest BCUT2D eigenvalue weighted by Crippen LogP contribution is 1.94. The van der Waals surface area contributed by atoms with Crippen molar-refractivity contribution in [1.29, 1.82) is 5.41 Å². The molecule has 0 bridgehead atoms. The topological polar surface area (TPSA) is 87.2 Å². The Bertz CT molecular complexity index is 104. The van der Waals surface area contributed by atoms with E-state index in [0.717, 1.165) is 11.8 Å². The molecule has 9 heavy (non-hydrogen) atoms. The predicted molar refractivity (Wildman–Crippen MR) is 37.9 cm³/mol. The number of halogens is 1. The summed E-state index contributed by atoms with van der Waals surface area (Å²) in [6.45, 7) is 0. The van der Waals surface area contributed by atoms with Crippen molar-refractivity contribution in [2.45, 2.75) is 0 Å². The van der Waals surface area contributed by atoms with Gasteiger partial charge >= 0.3 is 5.97 Å². The van der Waals surface area contributed by atoms with E-state index in [-0.39, 0.29) is 23.3 Å². The SMILES string of the molecule is N=C(N)SCC(=O)O.[Cl]. The van der Waals surface area contributed by atoms with Crippen LogP contribution in [0.25, 0.3) is 0 Å². The Morgan fingerprint density at radius 3 is 2.33 bits per heavy atom. The number of carboxylic acids is 1. The van der Waals surface area contributed by atoms with Gasteiger partial charge in [0.25, 0.3) is 0 Å². The number of carbonyl (C=O) groups is 1. The molecule has 0 heterocycles. The predicted octanol–water partition coefficient (Wildman–Crippen LogP) is 0.387. The molecule has 0 unspecified atom stereocenters. The highest BCUT2D eigenvalue weighted by Gasteiger charge is 1.96. The van der Waals surface area contributed by atoms with E-state index in [1.165, 1.54) is 0 Å². The molecule has 0 aromatic carbocycles. The van der Waals surface area contributed by atoms with E-state index in [0.29, 0.717) is 0 Å². The molecule has 0 aromatic rings. The van der Waals surface area contributed by atoms with Crippen LogP contribution in [0.3, 0.4) is 0 Å². The summed E-state index contributed by atoms with van der Waals surface area (Å²) in [4.78, 5) is 9.73. The zero-order chi connectivity index (χ0) is 6.57. The second-order valence-corrected chi connectivity index (χ2v) is 2.06. The van der Waals surface area contributed by atoms with Crippen molar-refractivity contribution in [3.63, 3.8) is 0 Å². The number of nitrogens with one attached hydrogen (secondary N) is 1. The van der Waals surface area contributed by atoms with E-state index in [9.17, 15) is 4.79 Å². The maximum absolute atomic E-state index is 9.73. The number of rotatable bonds is 2. The van der Waals surface area contributed by atoms with Crippen LogP contribution in [-0.2, 0) is 4.79 Å². The molecule has 0 atom stereocenters. The van der Waals surface area contributed by atoms with E-state index in [1.54, 1.807) is 0 Å². The molecule has 0 saturated carbocycles.